The minimum atomic E-state index is -1.13. The number of nitrogens with one attached hydrogen (secondary N) is 1. The van der Waals surface area contributed by atoms with Gasteiger partial charge >= 0.3 is 5.97 Å². The minimum Gasteiger partial charge on any atom is -0.464 e. The Balaban J connectivity index is 2.87. The van der Waals surface area contributed by atoms with Crippen LogP contribution in [0.15, 0.2) is 15.9 Å². The van der Waals surface area contributed by atoms with Crippen molar-refractivity contribution in [3.63, 3.8) is 0 Å². The summed E-state index contributed by atoms with van der Waals surface area (Å²) in [7, 11) is 0. The van der Waals surface area contributed by atoms with Gasteiger partial charge in [0, 0.05) is 9.35 Å². The van der Waals surface area contributed by atoms with E-state index >= 15 is 0 Å². The first kappa shape index (κ1) is 14.1. The van der Waals surface area contributed by atoms with Crippen molar-refractivity contribution in [3.05, 3.63) is 20.8 Å². The largest absolute Gasteiger partial charge is 0.464 e. The highest BCUT2D eigenvalue weighted by Crippen LogP contribution is 2.31. The second-order valence-electron chi connectivity index (χ2n) is 3.09. The molecule has 1 heterocycles. The van der Waals surface area contributed by atoms with Gasteiger partial charge in [0.2, 0.25) is 6.41 Å². The monoisotopic (exact) mass is 321 g/mol. The number of amides is 1. The molecule has 7 heteroatoms. The molecule has 0 fully saturated rings. The topological polar surface area (TPSA) is 75.6 Å². The molecule has 1 amide bonds. The number of carbonyl (C=O) groups is 2. The molecule has 1 rings (SSSR count). The maximum absolute atomic E-state index is 11.6. The summed E-state index contributed by atoms with van der Waals surface area (Å²) in [4.78, 5) is 22.6. The van der Waals surface area contributed by atoms with Gasteiger partial charge in [-0.1, -0.05) is 0 Å². The molecule has 1 aromatic rings. The zero-order valence-corrected chi connectivity index (χ0v) is 11.5. The quantitative estimate of drug-likeness (QED) is 0.610. The Morgan fingerprint density at radius 3 is 2.94 bits per heavy atom. The van der Waals surface area contributed by atoms with E-state index in [2.05, 4.69) is 21.2 Å². The van der Waals surface area contributed by atoms with Crippen LogP contribution >= 0.6 is 27.3 Å². The number of hydrogen-bond acceptors (Lipinski definition) is 5. The lowest BCUT2D eigenvalue weighted by atomic mass is 10.1. The molecule has 1 aromatic heterocycles. The average molecular weight is 322 g/mol. The van der Waals surface area contributed by atoms with E-state index in [1.54, 1.807) is 18.4 Å². The lowest BCUT2D eigenvalue weighted by Crippen LogP contribution is -2.42. The number of aliphatic hydroxyl groups is 1. The van der Waals surface area contributed by atoms with Crippen LogP contribution in [0.1, 0.15) is 17.9 Å². The van der Waals surface area contributed by atoms with Crippen molar-refractivity contribution in [1.82, 2.24) is 5.32 Å². The van der Waals surface area contributed by atoms with Crippen LogP contribution in [-0.4, -0.2) is 30.1 Å². The number of carbonyl (C=O) groups excluding carboxylic acids is 2. The molecule has 2 N–H and O–H groups in total. The lowest BCUT2D eigenvalue weighted by molar-refractivity contribution is -0.149. The second-order valence-corrected chi connectivity index (χ2v) is 4.89. The van der Waals surface area contributed by atoms with E-state index < -0.39 is 18.1 Å². The Kier molecular flexibility index (Phi) is 5.60. The molecular formula is C10H12BrNO4S. The standard InChI is InChI=1S/C10H12BrNO4S/c1-2-16-10(15)7(12-5-13)8(14)9-6(11)3-4-17-9/h3-5,7-8,14H,2H2,1H3,(H,12,13). The molecule has 0 spiro atoms. The fourth-order valence-corrected chi connectivity index (χ4v) is 2.89. The Labute approximate surface area is 111 Å². The van der Waals surface area contributed by atoms with Gasteiger partial charge in [0.25, 0.3) is 0 Å². The zero-order valence-electron chi connectivity index (χ0n) is 9.05. The van der Waals surface area contributed by atoms with Gasteiger partial charge in [0.1, 0.15) is 6.10 Å². The van der Waals surface area contributed by atoms with Gasteiger partial charge in [-0.05, 0) is 34.3 Å². The third kappa shape index (κ3) is 3.52. The number of ether oxygens (including phenoxy) is 1. The van der Waals surface area contributed by atoms with E-state index in [0.29, 0.717) is 15.8 Å². The van der Waals surface area contributed by atoms with Crippen LogP contribution in [0.25, 0.3) is 0 Å². The molecule has 2 atom stereocenters. The Bertz CT molecular complexity index is 395. The fourth-order valence-electron chi connectivity index (χ4n) is 1.26. The number of aliphatic hydroxyl groups excluding tert-OH is 1. The highest BCUT2D eigenvalue weighted by molar-refractivity contribution is 9.10. The van der Waals surface area contributed by atoms with Crippen LogP contribution in [0.3, 0.4) is 0 Å². The van der Waals surface area contributed by atoms with Gasteiger partial charge in [0.15, 0.2) is 6.04 Å². The number of thiophene rings is 1. The van der Waals surface area contributed by atoms with Crippen LogP contribution < -0.4 is 5.32 Å². The summed E-state index contributed by atoms with van der Waals surface area (Å²) < 4.78 is 5.48. The molecule has 0 aliphatic heterocycles. The molecule has 94 valence electrons. The van der Waals surface area contributed by atoms with Crippen LogP contribution in [0.5, 0.6) is 0 Å². The zero-order chi connectivity index (χ0) is 12.8. The van der Waals surface area contributed by atoms with Gasteiger partial charge in [-0.3, -0.25) is 4.79 Å². The first-order valence-corrected chi connectivity index (χ1v) is 6.56. The molecule has 0 aromatic carbocycles. The van der Waals surface area contributed by atoms with Crippen molar-refractivity contribution >= 4 is 39.6 Å². The summed E-state index contributed by atoms with van der Waals surface area (Å²) in [6.45, 7) is 1.84. The van der Waals surface area contributed by atoms with Gasteiger partial charge in [-0.25, -0.2) is 4.79 Å². The lowest BCUT2D eigenvalue weighted by Gasteiger charge is -2.19. The molecular weight excluding hydrogens is 310 g/mol. The Morgan fingerprint density at radius 2 is 2.47 bits per heavy atom. The van der Waals surface area contributed by atoms with Crippen molar-refractivity contribution in [1.29, 1.82) is 0 Å². The predicted molar refractivity (Wildman–Crippen MR) is 66.6 cm³/mol. The van der Waals surface area contributed by atoms with Gasteiger partial charge in [0.05, 0.1) is 6.61 Å². The Morgan fingerprint density at radius 1 is 1.76 bits per heavy atom. The number of hydrogen-bond donors (Lipinski definition) is 2. The molecule has 0 saturated carbocycles. The summed E-state index contributed by atoms with van der Waals surface area (Å²) in [5.41, 5.74) is 0. The van der Waals surface area contributed by atoms with Crippen LogP contribution in [0.2, 0.25) is 0 Å². The maximum Gasteiger partial charge on any atom is 0.331 e. The van der Waals surface area contributed by atoms with Crippen LogP contribution in [0, 0.1) is 0 Å². The summed E-state index contributed by atoms with van der Waals surface area (Å²) in [6.07, 6.45) is -0.764. The van der Waals surface area contributed by atoms with E-state index in [1.165, 1.54) is 11.3 Å². The van der Waals surface area contributed by atoms with Crippen molar-refractivity contribution in [2.24, 2.45) is 0 Å². The average Bonchev–Trinajstić information content (AvgIpc) is 2.71. The van der Waals surface area contributed by atoms with E-state index in [9.17, 15) is 14.7 Å². The van der Waals surface area contributed by atoms with Crippen LogP contribution in [-0.2, 0) is 14.3 Å². The first-order chi connectivity index (χ1) is 8.11. The van der Waals surface area contributed by atoms with Gasteiger partial charge in [-0.2, -0.15) is 0 Å². The van der Waals surface area contributed by atoms with E-state index in [4.69, 9.17) is 4.74 Å². The van der Waals surface area contributed by atoms with Crippen molar-refractivity contribution in [2.45, 2.75) is 19.1 Å². The third-order valence-electron chi connectivity index (χ3n) is 2.02. The molecule has 0 aliphatic carbocycles. The summed E-state index contributed by atoms with van der Waals surface area (Å²) >= 11 is 4.54. The highest BCUT2D eigenvalue weighted by Gasteiger charge is 2.30. The Hall–Kier alpha value is -0.920. The fraction of sp³-hybridized carbons (Fsp3) is 0.400. The van der Waals surface area contributed by atoms with E-state index in [1.807, 2.05) is 0 Å². The molecule has 17 heavy (non-hydrogen) atoms. The SMILES string of the molecule is CCOC(=O)C(NC=O)C(O)c1sccc1Br. The van der Waals surface area contributed by atoms with Crippen molar-refractivity contribution in [3.8, 4) is 0 Å². The van der Waals surface area contributed by atoms with Gasteiger partial charge < -0.3 is 15.2 Å². The third-order valence-corrected chi connectivity index (χ3v) is 3.96. The van der Waals surface area contributed by atoms with Crippen molar-refractivity contribution in [2.75, 3.05) is 6.61 Å². The van der Waals surface area contributed by atoms with Crippen LogP contribution in [0.4, 0.5) is 0 Å². The number of esters is 1. The summed E-state index contributed by atoms with van der Waals surface area (Å²) in [6, 6.07) is 0.661. The summed E-state index contributed by atoms with van der Waals surface area (Å²) in [5, 5.41) is 14.1. The summed E-state index contributed by atoms with van der Waals surface area (Å²) in [5.74, 6) is -0.660. The molecule has 5 nitrogen and oxygen atoms in total. The van der Waals surface area contributed by atoms with Crippen molar-refractivity contribution < 1.29 is 19.4 Å². The molecule has 0 aliphatic rings. The second kappa shape index (κ2) is 6.73. The highest BCUT2D eigenvalue weighted by atomic mass is 79.9. The van der Waals surface area contributed by atoms with E-state index in [0.717, 1.165) is 0 Å². The minimum absolute atomic E-state index is 0.189. The first-order valence-electron chi connectivity index (χ1n) is 4.89. The van der Waals surface area contributed by atoms with E-state index in [-0.39, 0.29) is 6.61 Å². The molecule has 0 saturated heterocycles. The molecule has 0 bridgehead atoms. The molecule has 0 radical (unpaired) electrons. The van der Waals surface area contributed by atoms with Gasteiger partial charge in [-0.15, -0.1) is 11.3 Å². The predicted octanol–water partition coefficient (Wildman–Crippen LogP) is 1.22. The number of rotatable bonds is 6. The molecule has 2 unspecified atom stereocenters. The smallest absolute Gasteiger partial charge is 0.331 e. The number of halogens is 1. The normalized spacial score (nSPS) is 13.8. The maximum atomic E-state index is 11.6.